The minimum Gasteiger partial charge on any atom is -0.322 e. The monoisotopic (exact) mass is 453 g/mol. The van der Waals surface area contributed by atoms with Gasteiger partial charge < -0.3 is 5.32 Å². The third-order valence-corrected chi connectivity index (χ3v) is 7.46. The second kappa shape index (κ2) is 9.22. The summed E-state index contributed by atoms with van der Waals surface area (Å²) < 4.78 is 29.3. The van der Waals surface area contributed by atoms with E-state index in [2.05, 4.69) is 29.2 Å². The molecule has 0 unspecified atom stereocenters. The van der Waals surface area contributed by atoms with Crippen LogP contribution in [0.25, 0.3) is 0 Å². The maximum absolute atomic E-state index is 13.0. The number of piperidine rings is 1. The van der Waals surface area contributed by atoms with Gasteiger partial charge in [-0.15, -0.1) is 0 Å². The van der Waals surface area contributed by atoms with Gasteiger partial charge in [-0.2, -0.15) is 9.40 Å². The molecular weight excluding hydrogens is 426 g/mol. The number of amides is 1. The molecule has 168 valence electrons. The quantitative estimate of drug-likeness (QED) is 0.618. The van der Waals surface area contributed by atoms with Crippen molar-refractivity contribution in [3.63, 3.8) is 0 Å². The van der Waals surface area contributed by atoms with Gasteiger partial charge in [-0.25, -0.2) is 18.1 Å². The molecular formula is C23H27N5O3S. The van der Waals surface area contributed by atoms with Crippen LogP contribution in [0, 0.1) is 11.8 Å². The van der Waals surface area contributed by atoms with Crippen molar-refractivity contribution in [1.82, 2.24) is 19.1 Å². The Morgan fingerprint density at radius 3 is 2.28 bits per heavy atom. The number of hydrogen-bond donors (Lipinski definition) is 1. The van der Waals surface area contributed by atoms with E-state index in [9.17, 15) is 13.2 Å². The van der Waals surface area contributed by atoms with Crippen LogP contribution >= 0.6 is 0 Å². The molecule has 1 aromatic heterocycles. The molecule has 2 heterocycles. The van der Waals surface area contributed by atoms with Crippen molar-refractivity contribution in [2.45, 2.75) is 31.7 Å². The van der Waals surface area contributed by atoms with Crippen molar-refractivity contribution in [2.24, 2.45) is 11.8 Å². The number of hydrogen-bond acceptors (Lipinski definition) is 5. The molecule has 1 aliphatic heterocycles. The van der Waals surface area contributed by atoms with Gasteiger partial charge in [0, 0.05) is 24.3 Å². The molecule has 4 rings (SSSR count). The number of nitrogens with zero attached hydrogens (tertiary/aromatic N) is 4. The van der Waals surface area contributed by atoms with Gasteiger partial charge >= 0.3 is 0 Å². The number of carbonyl (C=O) groups excluding carboxylic acids is 1. The highest BCUT2D eigenvalue weighted by Gasteiger charge is 2.31. The summed E-state index contributed by atoms with van der Waals surface area (Å²) in [7, 11) is -3.57. The maximum atomic E-state index is 13.0. The van der Waals surface area contributed by atoms with Crippen LogP contribution in [0.15, 0.2) is 66.1 Å². The largest absolute Gasteiger partial charge is 0.322 e. The van der Waals surface area contributed by atoms with E-state index in [1.807, 2.05) is 24.3 Å². The number of anilines is 1. The maximum Gasteiger partial charge on any atom is 0.255 e. The fraction of sp³-hybridized carbons (Fsp3) is 0.348. The third-order valence-electron chi connectivity index (χ3n) is 5.61. The van der Waals surface area contributed by atoms with Gasteiger partial charge in [-0.3, -0.25) is 4.79 Å². The summed E-state index contributed by atoms with van der Waals surface area (Å²) in [4.78, 5) is 16.7. The van der Waals surface area contributed by atoms with Crippen LogP contribution in [0.1, 0.15) is 36.2 Å². The summed E-state index contributed by atoms with van der Waals surface area (Å²) in [5, 5.41) is 6.92. The minimum absolute atomic E-state index is 0.216. The van der Waals surface area contributed by atoms with Crippen molar-refractivity contribution in [2.75, 3.05) is 18.4 Å². The molecule has 0 aliphatic carbocycles. The first-order valence-corrected chi connectivity index (χ1v) is 12.1. The molecule has 9 heteroatoms. The second-order valence-electron chi connectivity index (χ2n) is 8.54. The molecule has 8 nitrogen and oxygen atoms in total. The average molecular weight is 454 g/mol. The fourth-order valence-corrected chi connectivity index (χ4v) is 5.81. The summed E-state index contributed by atoms with van der Waals surface area (Å²) in [6.45, 7) is 5.81. The lowest BCUT2D eigenvalue weighted by molar-refractivity contribution is 0.102. The topological polar surface area (TPSA) is 97.2 Å². The van der Waals surface area contributed by atoms with E-state index in [1.165, 1.54) is 18.5 Å². The van der Waals surface area contributed by atoms with E-state index in [0.717, 1.165) is 12.0 Å². The van der Waals surface area contributed by atoms with Crippen molar-refractivity contribution >= 4 is 21.6 Å². The Morgan fingerprint density at radius 2 is 1.69 bits per heavy atom. The van der Waals surface area contributed by atoms with Crippen LogP contribution in [-0.2, 0) is 16.6 Å². The zero-order valence-corrected chi connectivity index (χ0v) is 19.0. The van der Waals surface area contributed by atoms with Crippen LogP contribution in [0.3, 0.4) is 0 Å². The van der Waals surface area contributed by atoms with E-state index < -0.39 is 10.0 Å². The molecule has 1 fully saturated rings. The lowest BCUT2D eigenvalue weighted by atomic mass is 9.94. The van der Waals surface area contributed by atoms with Crippen LogP contribution in [0.5, 0.6) is 0 Å². The molecule has 32 heavy (non-hydrogen) atoms. The molecule has 1 saturated heterocycles. The lowest BCUT2D eigenvalue weighted by Gasteiger charge is -2.34. The first-order valence-electron chi connectivity index (χ1n) is 10.6. The Labute approximate surface area is 188 Å². The fourth-order valence-electron chi connectivity index (χ4n) is 4.13. The molecule has 0 radical (unpaired) electrons. The van der Waals surface area contributed by atoms with Gasteiger partial charge in [0.1, 0.15) is 12.7 Å². The van der Waals surface area contributed by atoms with E-state index in [0.29, 0.717) is 42.7 Å². The first-order chi connectivity index (χ1) is 15.3. The summed E-state index contributed by atoms with van der Waals surface area (Å²) >= 11 is 0. The smallest absolute Gasteiger partial charge is 0.255 e. The molecule has 2 atom stereocenters. The van der Waals surface area contributed by atoms with Gasteiger partial charge in [0.05, 0.1) is 11.4 Å². The van der Waals surface area contributed by atoms with E-state index >= 15 is 0 Å². The average Bonchev–Trinajstić information content (AvgIpc) is 3.27. The molecule has 3 aromatic rings. The summed E-state index contributed by atoms with van der Waals surface area (Å²) in [5.41, 5.74) is 2.09. The molecule has 1 amide bonds. The molecule has 2 aromatic carbocycles. The van der Waals surface area contributed by atoms with Gasteiger partial charge in [0.25, 0.3) is 5.91 Å². The van der Waals surface area contributed by atoms with E-state index in [4.69, 9.17) is 0 Å². The predicted molar refractivity (Wildman–Crippen MR) is 122 cm³/mol. The first kappa shape index (κ1) is 22.2. The number of rotatable bonds is 6. The highest BCUT2D eigenvalue weighted by Crippen LogP contribution is 2.27. The number of aromatic nitrogens is 3. The van der Waals surface area contributed by atoms with Crippen molar-refractivity contribution in [1.29, 1.82) is 0 Å². The van der Waals surface area contributed by atoms with Crippen molar-refractivity contribution in [3.05, 3.63) is 72.3 Å². The number of nitrogens with one attached hydrogen (secondary N) is 1. The Morgan fingerprint density at radius 1 is 1.03 bits per heavy atom. The standard InChI is InChI=1S/C23H27N5O3S/c1-17-11-18(2)13-28(12-17)32(30,31)22-9-5-20(6-10-22)23(29)26-21-7-3-19(4-8-21)14-27-16-24-15-25-27/h3-10,15-18H,11-14H2,1-2H3,(H,26,29)/t17-,18-/m0/s1. The van der Waals surface area contributed by atoms with Gasteiger partial charge in [-0.05, 0) is 60.2 Å². The summed E-state index contributed by atoms with van der Waals surface area (Å²) in [6, 6.07) is 13.6. The highest BCUT2D eigenvalue weighted by atomic mass is 32.2. The Hall–Kier alpha value is -3.04. The normalized spacial score (nSPS) is 19.6. The van der Waals surface area contributed by atoms with Crippen molar-refractivity contribution < 1.29 is 13.2 Å². The molecule has 0 saturated carbocycles. The molecule has 0 bridgehead atoms. The van der Waals surface area contributed by atoms with Crippen molar-refractivity contribution in [3.8, 4) is 0 Å². The minimum atomic E-state index is -3.57. The zero-order chi connectivity index (χ0) is 22.7. The van der Waals surface area contributed by atoms with Crippen LogP contribution < -0.4 is 5.32 Å². The van der Waals surface area contributed by atoms with Gasteiger partial charge in [-0.1, -0.05) is 26.0 Å². The van der Waals surface area contributed by atoms with Crippen LogP contribution in [0.2, 0.25) is 0 Å². The highest BCUT2D eigenvalue weighted by molar-refractivity contribution is 7.89. The Balaban J connectivity index is 1.40. The molecule has 1 N–H and O–H groups in total. The Bertz CT molecular complexity index is 1150. The second-order valence-corrected chi connectivity index (χ2v) is 10.5. The SMILES string of the molecule is C[C@H]1C[C@H](C)CN(S(=O)(=O)c2ccc(C(=O)Nc3ccc(Cn4cncn4)cc3)cc2)C1. The van der Waals surface area contributed by atoms with Gasteiger partial charge in [0.2, 0.25) is 10.0 Å². The van der Waals surface area contributed by atoms with Gasteiger partial charge in [0.15, 0.2) is 0 Å². The predicted octanol–water partition coefficient (Wildman–Crippen LogP) is 3.25. The zero-order valence-electron chi connectivity index (χ0n) is 18.2. The van der Waals surface area contributed by atoms with E-state index in [1.54, 1.807) is 27.4 Å². The molecule has 0 spiro atoms. The number of carbonyl (C=O) groups is 1. The summed E-state index contributed by atoms with van der Waals surface area (Å²) in [6.07, 6.45) is 4.16. The molecule has 1 aliphatic rings. The van der Waals surface area contributed by atoms with Crippen LogP contribution in [0.4, 0.5) is 5.69 Å². The van der Waals surface area contributed by atoms with Crippen LogP contribution in [-0.4, -0.2) is 46.5 Å². The summed E-state index contributed by atoms with van der Waals surface area (Å²) in [5.74, 6) is 0.376. The van der Waals surface area contributed by atoms with E-state index in [-0.39, 0.29) is 10.8 Å². The number of sulfonamides is 1. The Kier molecular flexibility index (Phi) is 6.38. The number of benzene rings is 2. The third kappa shape index (κ3) is 5.05. The lowest BCUT2D eigenvalue weighted by Crippen LogP contribution is -2.42.